The third-order valence-corrected chi connectivity index (χ3v) is 25.7. The zero-order chi connectivity index (χ0) is 60.4. The maximum atomic E-state index is 14.6. The van der Waals surface area contributed by atoms with Gasteiger partial charge in [0.2, 0.25) is 0 Å². The molecule has 0 radical (unpaired) electrons. The molecule has 7 fully saturated rings. The van der Waals surface area contributed by atoms with Crippen LogP contribution in [-0.2, 0) is 67.1 Å². The Labute approximate surface area is 511 Å². The summed E-state index contributed by atoms with van der Waals surface area (Å²) in [5.74, 6) is 2.10. The molecule has 24 atom stereocenters. The van der Waals surface area contributed by atoms with Gasteiger partial charge in [0.15, 0.2) is 18.9 Å². The number of aldehydes is 1. The molecule has 4 saturated carbocycles. The lowest BCUT2D eigenvalue weighted by molar-refractivity contribution is -0.384. The Morgan fingerprint density at radius 1 is 0.612 bits per heavy atom. The van der Waals surface area contributed by atoms with Crippen LogP contribution in [0.4, 0.5) is 0 Å². The van der Waals surface area contributed by atoms with Gasteiger partial charge in [-0.2, -0.15) is 0 Å². The first-order valence-electron chi connectivity index (χ1n) is 33.4. The number of Topliss-reactive ketones (excluding diaryl/α,β-unsaturated/α-hetero) is 1. The van der Waals surface area contributed by atoms with Crippen molar-refractivity contribution in [3.8, 4) is 0 Å². The summed E-state index contributed by atoms with van der Waals surface area (Å²) in [5, 5.41) is 0. The molecule has 11 rings (SSSR count). The summed E-state index contributed by atoms with van der Waals surface area (Å²) >= 11 is 0. The van der Waals surface area contributed by atoms with Gasteiger partial charge in [0.25, 0.3) is 0 Å². The highest BCUT2D eigenvalue weighted by Crippen LogP contribution is 2.77. The second kappa shape index (κ2) is 24.7. The lowest BCUT2D eigenvalue weighted by atomic mass is 9.32. The molecule has 3 saturated heterocycles. The van der Waals surface area contributed by atoms with E-state index < -0.39 is 48.7 Å². The average Bonchev–Trinajstić information content (AvgIpc) is 0.802. The van der Waals surface area contributed by atoms with Crippen LogP contribution < -0.4 is 0 Å². The number of rotatable bonds is 17. The van der Waals surface area contributed by atoms with Crippen LogP contribution in [-0.4, -0.2) is 80.8 Å². The molecule has 0 aromatic heterocycles. The van der Waals surface area contributed by atoms with Gasteiger partial charge in [0, 0.05) is 17.3 Å². The Morgan fingerprint density at radius 3 is 1.89 bits per heavy atom. The third kappa shape index (κ3) is 11.4. The number of carbonyl (C=O) groups is 2. The monoisotopic (exact) mass is 1170 g/mol. The highest BCUT2D eigenvalue weighted by Gasteiger charge is 2.71. The zero-order valence-corrected chi connectivity index (χ0v) is 54.3. The number of allylic oxidation sites excluding steroid dienone is 2. The van der Waals surface area contributed by atoms with E-state index in [0.717, 1.165) is 68.1 Å². The summed E-state index contributed by atoms with van der Waals surface area (Å²) in [6.45, 7) is 34.5. The Morgan fingerprint density at radius 2 is 1.24 bits per heavy atom. The molecule has 3 heterocycles. The van der Waals surface area contributed by atoms with Gasteiger partial charge in [0.05, 0.1) is 56.3 Å². The van der Waals surface area contributed by atoms with Gasteiger partial charge in [-0.3, -0.25) is 4.79 Å². The SMILES string of the molecule is CC(=O)[C@]12CCC(C)(C)CC1C1=CCC3C4(C)CC[C@H](O[C@@H]5OC(Cc6ccccc6)[C@@H](C)[C@H](O[C@@H]6OC[C@@H](C)[C@H](C)C6C)C5O[C@@H]5OC(COCc6ccccc6)[C@H](C)[C@H](C)C5OCc5ccccc5)C(C)(C=O)[C@@H]4CC[C@@]3(C)C1(C)C[C@H]2C. The number of hydrogen-bond acceptors (Lipinski definition) is 10. The van der Waals surface area contributed by atoms with Crippen LogP contribution in [0.1, 0.15) is 171 Å². The standard InChI is InChI=1S/C75H106O10/c1-46-41-80-67(51(6)48(46)3)84-64-52(7)59(38-54-24-18-15-19-25-54)81-69(66(64)85-68-65(79-43-56-28-22-17-23-29-56)50(5)49(4)60(82-68)44-78-42-55-26-20-16-21-27-55)83-63-33-34-71(11)61(72(63,12)45-76)32-35-73(13)62(71)31-30-57-58-40-70(9,10)36-37-75(58,53(8)77)47(2)39-74(57,73)14/h15-30,45-52,58-69H,31-44H2,1-14H3/t46-,47-,48+,49-,50+,51?,52-,58?,59?,60?,61-,62?,63+,64+,65?,66?,67+,68+,69+,71?,72?,73-,74?,75-/m1/s1. The number of ketones is 1. The predicted molar refractivity (Wildman–Crippen MR) is 333 cm³/mol. The Kier molecular flexibility index (Phi) is 18.3. The number of benzene rings is 3. The molecule has 0 bridgehead atoms. The Hall–Kier alpha value is -3.58. The van der Waals surface area contributed by atoms with E-state index in [1.165, 1.54) is 6.29 Å². The lowest BCUT2D eigenvalue weighted by Crippen LogP contribution is -2.67. The average molecular weight is 1170 g/mol. The molecular formula is C75H106O10. The topological polar surface area (TPSA) is 108 Å². The van der Waals surface area contributed by atoms with Crippen molar-refractivity contribution in [1.29, 1.82) is 0 Å². The zero-order valence-electron chi connectivity index (χ0n) is 54.3. The number of hydrogen-bond donors (Lipinski definition) is 0. The van der Waals surface area contributed by atoms with E-state index in [4.69, 9.17) is 37.9 Å². The molecule has 0 amide bonds. The van der Waals surface area contributed by atoms with Crippen molar-refractivity contribution >= 4 is 12.1 Å². The summed E-state index contributed by atoms with van der Waals surface area (Å²) in [4.78, 5) is 28.7. The summed E-state index contributed by atoms with van der Waals surface area (Å²) in [6.07, 6.45) is 7.97. The van der Waals surface area contributed by atoms with Crippen LogP contribution in [0.15, 0.2) is 103 Å². The molecule has 10 unspecified atom stereocenters. The molecule has 466 valence electrons. The molecule has 10 nitrogen and oxygen atoms in total. The lowest BCUT2D eigenvalue weighted by Gasteiger charge is -2.72. The number of fused-ring (bicyclic) bond motifs is 7. The highest BCUT2D eigenvalue weighted by atomic mass is 16.8. The van der Waals surface area contributed by atoms with Gasteiger partial charge in [-0.15, -0.1) is 0 Å². The molecule has 0 N–H and O–H groups in total. The van der Waals surface area contributed by atoms with E-state index >= 15 is 0 Å². The summed E-state index contributed by atoms with van der Waals surface area (Å²) < 4.78 is 58.0. The number of carbonyl (C=O) groups excluding carboxylic acids is 2. The van der Waals surface area contributed by atoms with Crippen LogP contribution in [0.2, 0.25) is 0 Å². The normalized spacial score (nSPS) is 45.0. The van der Waals surface area contributed by atoms with Crippen molar-refractivity contribution in [2.24, 2.45) is 91.7 Å². The molecule has 3 aromatic carbocycles. The van der Waals surface area contributed by atoms with Crippen molar-refractivity contribution < 1.29 is 47.5 Å². The fraction of sp³-hybridized carbons (Fsp3) is 0.707. The van der Waals surface area contributed by atoms with E-state index in [1.807, 2.05) is 43.3 Å². The molecule has 3 aromatic rings. The van der Waals surface area contributed by atoms with Crippen molar-refractivity contribution in [2.75, 3.05) is 13.2 Å². The summed E-state index contributed by atoms with van der Waals surface area (Å²) in [7, 11) is 0. The fourth-order valence-corrected chi connectivity index (χ4v) is 19.5. The molecule has 3 aliphatic heterocycles. The molecular weight excluding hydrogens is 1060 g/mol. The first-order chi connectivity index (χ1) is 40.5. The number of ether oxygens (including phenoxy) is 8. The van der Waals surface area contributed by atoms with Gasteiger partial charge in [-0.1, -0.05) is 193 Å². The van der Waals surface area contributed by atoms with Crippen molar-refractivity contribution in [2.45, 2.75) is 230 Å². The van der Waals surface area contributed by atoms with Crippen LogP contribution in [0, 0.1) is 91.7 Å². The first kappa shape index (κ1) is 63.0. The summed E-state index contributed by atoms with van der Waals surface area (Å²) in [5.41, 5.74) is 3.72. The fourth-order valence-electron chi connectivity index (χ4n) is 19.5. The minimum atomic E-state index is -0.947. The minimum Gasteiger partial charge on any atom is -0.374 e. The van der Waals surface area contributed by atoms with Gasteiger partial charge >= 0.3 is 0 Å². The quantitative estimate of drug-likeness (QED) is 0.0736. The van der Waals surface area contributed by atoms with Gasteiger partial charge in [-0.25, -0.2) is 0 Å². The smallest absolute Gasteiger partial charge is 0.187 e. The maximum Gasteiger partial charge on any atom is 0.187 e. The molecule has 8 aliphatic rings. The van der Waals surface area contributed by atoms with Crippen LogP contribution >= 0.6 is 0 Å². The molecule has 0 spiro atoms. The van der Waals surface area contributed by atoms with Crippen molar-refractivity contribution in [1.82, 2.24) is 0 Å². The van der Waals surface area contributed by atoms with Crippen molar-refractivity contribution in [3.63, 3.8) is 0 Å². The van der Waals surface area contributed by atoms with Crippen LogP contribution in [0.25, 0.3) is 0 Å². The predicted octanol–water partition coefficient (Wildman–Crippen LogP) is 15.6. The second-order valence-electron chi connectivity index (χ2n) is 30.8. The third-order valence-electron chi connectivity index (χ3n) is 25.7. The maximum absolute atomic E-state index is 14.6. The van der Waals surface area contributed by atoms with E-state index in [1.54, 1.807) is 5.57 Å². The minimum absolute atomic E-state index is 0.00525. The van der Waals surface area contributed by atoms with Gasteiger partial charge in [-0.05, 0) is 157 Å². The van der Waals surface area contributed by atoms with E-state index in [0.29, 0.717) is 68.7 Å². The van der Waals surface area contributed by atoms with Crippen LogP contribution in [0.3, 0.4) is 0 Å². The largest absolute Gasteiger partial charge is 0.374 e. The van der Waals surface area contributed by atoms with Gasteiger partial charge in [0.1, 0.15) is 24.3 Å². The Balaban J connectivity index is 0.946. The highest BCUT2D eigenvalue weighted by molar-refractivity contribution is 5.84. The summed E-state index contributed by atoms with van der Waals surface area (Å²) in [6, 6.07) is 31.2. The second-order valence-corrected chi connectivity index (χ2v) is 30.8. The van der Waals surface area contributed by atoms with Crippen molar-refractivity contribution in [3.05, 3.63) is 119 Å². The molecule has 5 aliphatic carbocycles. The van der Waals surface area contributed by atoms with E-state index in [9.17, 15) is 9.59 Å². The van der Waals surface area contributed by atoms with Crippen LogP contribution in [0.5, 0.6) is 0 Å². The Bertz CT molecular complexity index is 2790. The van der Waals surface area contributed by atoms with E-state index in [-0.39, 0.29) is 74.8 Å². The first-order valence-corrected chi connectivity index (χ1v) is 33.4. The van der Waals surface area contributed by atoms with Gasteiger partial charge < -0.3 is 42.7 Å². The molecule has 10 heteroatoms. The molecule has 85 heavy (non-hydrogen) atoms. The van der Waals surface area contributed by atoms with E-state index in [2.05, 4.69) is 151 Å².